The van der Waals surface area contributed by atoms with Crippen molar-refractivity contribution >= 4 is 11.7 Å². The highest BCUT2D eigenvalue weighted by Gasteiger charge is 2.24. The number of aryl methyl sites for hydroxylation is 2. The number of likely N-dealkylation sites (N-methyl/N-ethyl adjacent to an activating group) is 1. The third kappa shape index (κ3) is 3.66. The molecule has 1 unspecified atom stereocenters. The van der Waals surface area contributed by atoms with E-state index in [2.05, 4.69) is 15.3 Å². The van der Waals surface area contributed by atoms with Gasteiger partial charge in [0.2, 0.25) is 5.91 Å². The number of anilines is 1. The molecule has 0 aliphatic heterocycles. The summed E-state index contributed by atoms with van der Waals surface area (Å²) in [5.41, 5.74) is 1.93. The Labute approximate surface area is 115 Å². The number of rotatable bonds is 4. The van der Waals surface area contributed by atoms with Crippen LogP contribution in [0.4, 0.5) is 5.82 Å². The number of amides is 1. The Hall–Kier alpha value is -1.65. The van der Waals surface area contributed by atoms with Crippen LogP contribution in [-0.4, -0.2) is 40.9 Å². The van der Waals surface area contributed by atoms with Gasteiger partial charge in [-0.3, -0.25) is 4.79 Å². The number of aromatic nitrogens is 2. The molecule has 0 saturated heterocycles. The molecule has 1 amide bonds. The molecule has 19 heavy (non-hydrogen) atoms. The van der Waals surface area contributed by atoms with E-state index in [-0.39, 0.29) is 17.9 Å². The molecule has 0 aliphatic carbocycles. The van der Waals surface area contributed by atoms with E-state index in [4.69, 9.17) is 0 Å². The summed E-state index contributed by atoms with van der Waals surface area (Å²) < 4.78 is 0. The minimum atomic E-state index is -0.276. The molecule has 5 heteroatoms. The fourth-order valence-electron chi connectivity index (χ4n) is 1.85. The van der Waals surface area contributed by atoms with Crippen molar-refractivity contribution in [3.05, 3.63) is 17.1 Å². The predicted molar refractivity (Wildman–Crippen MR) is 77.2 cm³/mol. The van der Waals surface area contributed by atoms with Gasteiger partial charge in [0.25, 0.3) is 0 Å². The lowest BCUT2D eigenvalue weighted by molar-refractivity contribution is -0.130. The van der Waals surface area contributed by atoms with Crippen molar-refractivity contribution in [2.75, 3.05) is 19.4 Å². The molecule has 0 spiro atoms. The van der Waals surface area contributed by atoms with E-state index in [0.717, 1.165) is 17.1 Å². The van der Waals surface area contributed by atoms with Gasteiger partial charge in [0.15, 0.2) is 0 Å². The fourth-order valence-corrected chi connectivity index (χ4v) is 1.85. The summed E-state index contributed by atoms with van der Waals surface area (Å²) in [5.74, 6) is 1.71. The second-order valence-corrected chi connectivity index (χ2v) is 5.43. The molecule has 106 valence electrons. The zero-order valence-electron chi connectivity index (χ0n) is 12.9. The van der Waals surface area contributed by atoms with Crippen molar-refractivity contribution in [2.24, 2.45) is 5.92 Å². The van der Waals surface area contributed by atoms with E-state index >= 15 is 0 Å². The van der Waals surface area contributed by atoms with Crippen LogP contribution >= 0.6 is 0 Å². The molecule has 0 bridgehead atoms. The second kappa shape index (κ2) is 5.99. The van der Waals surface area contributed by atoms with Gasteiger partial charge in [-0.2, -0.15) is 0 Å². The van der Waals surface area contributed by atoms with Gasteiger partial charge in [0.1, 0.15) is 17.7 Å². The highest BCUT2D eigenvalue weighted by atomic mass is 16.2. The minimum absolute atomic E-state index is 0.0586. The summed E-state index contributed by atoms with van der Waals surface area (Å²) in [6, 6.07) is -0.276. The number of nitrogens with one attached hydrogen (secondary N) is 1. The van der Waals surface area contributed by atoms with Crippen molar-refractivity contribution in [3.8, 4) is 0 Å². The lowest BCUT2D eigenvalue weighted by Crippen LogP contribution is -2.42. The van der Waals surface area contributed by atoms with Gasteiger partial charge in [-0.05, 0) is 26.7 Å². The average Bonchev–Trinajstić information content (AvgIpc) is 2.30. The van der Waals surface area contributed by atoms with Crippen LogP contribution < -0.4 is 5.32 Å². The number of carbonyl (C=O) groups is 1. The Kier molecular flexibility index (Phi) is 4.86. The van der Waals surface area contributed by atoms with Crippen molar-refractivity contribution in [2.45, 2.75) is 40.7 Å². The quantitative estimate of drug-likeness (QED) is 0.902. The lowest BCUT2D eigenvalue weighted by Gasteiger charge is -2.26. The smallest absolute Gasteiger partial charge is 0.244 e. The van der Waals surface area contributed by atoms with E-state index in [0.29, 0.717) is 5.82 Å². The van der Waals surface area contributed by atoms with Gasteiger partial charge in [0, 0.05) is 25.4 Å². The van der Waals surface area contributed by atoms with Crippen molar-refractivity contribution in [3.63, 3.8) is 0 Å². The molecule has 0 saturated carbocycles. The third-order valence-corrected chi connectivity index (χ3v) is 3.17. The Morgan fingerprint density at radius 1 is 1.16 bits per heavy atom. The molecule has 1 rings (SSSR count). The summed E-state index contributed by atoms with van der Waals surface area (Å²) in [6.45, 7) is 9.82. The van der Waals surface area contributed by atoms with Crippen LogP contribution in [-0.2, 0) is 4.79 Å². The van der Waals surface area contributed by atoms with Crippen LogP contribution in [0.1, 0.15) is 30.9 Å². The Balaban J connectivity index is 3.07. The van der Waals surface area contributed by atoms with E-state index in [1.54, 1.807) is 19.0 Å². The summed E-state index contributed by atoms with van der Waals surface area (Å²) in [4.78, 5) is 22.5. The normalized spacial score (nSPS) is 12.4. The third-order valence-electron chi connectivity index (χ3n) is 3.17. The van der Waals surface area contributed by atoms with Crippen LogP contribution in [0.2, 0.25) is 0 Å². The highest BCUT2D eigenvalue weighted by Crippen LogP contribution is 2.18. The topological polar surface area (TPSA) is 58.1 Å². The summed E-state index contributed by atoms with van der Waals surface area (Å²) in [6.07, 6.45) is 0. The van der Waals surface area contributed by atoms with Crippen LogP contribution in [0.15, 0.2) is 0 Å². The molecule has 5 nitrogen and oxygen atoms in total. The van der Waals surface area contributed by atoms with Gasteiger partial charge in [-0.1, -0.05) is 13.8 Å². The van der Waals surface area contributed by atoms with Crippen molar-refractivity contribution < 1.29 is 4.79 Å². The monoisotopic (exact) mass is 264 g/mol. The van der Waals surface area contributed by atoms with E-state index in [1.165, 1.54) is 0 Å². The molecule has 1 aromatic heterocycles. The standard InChI is InChI=1S/C14H24N4O/c1-8(2)12(14(19)18(6)7)17-13-9(3)10(4)15-11(5)16-13/h8,12H,1-7H3,(H,15,16,17). The SMILES string of the molecule is Cc1nc(C)c(C)c(NC(C(=O)N(C)C)C(C)C)n1. The molecular formula is C14H24N4O. The first kappa shape index (κ1) is 15.4. The van der Waals surface area contributed by atoms with Crippen molar-refractivity contribution in [1.29, 1.82) is 0 Å². The molecule has 1 heterocycles. The van der Waals surface area contributed by atoms with Crippen molar-refractivity contribution in [1.82, 2.24) is 14.9 Å². The second-order valence-electron chi connectivity index (χ2n) is 5.43. The molecule has 1 N–H and O–H groups in total. The molecule has 1 aromatic rings. The number of hydrogen-bond donors (Lipinski definition) is 1. The number of carbonyl (C=O) groups excluding carboxylic acids is 1. The molecule has 0 aliphatic rings. The predicted octanol–water partition coefficient (Wildman–Crippen LogP) is 1.93. The van der Waals surface area contributed by atoms with Gasteiger partial charge >= 0.3 is 0 Å². The Bertz CT molecular complexity index is 469. The zero-order valence-corrected chi connectivity index (χ0v) is 12.9. The summed E-state index contributed by atoms with van der Waals surface area (Å²) >= 11 is 0. The van der Waals surface area contributed by atoms with Gasteiger partial charge < -0.3 is 10.2 Å². The first-order valence-electron chi connectivity index (χ1n) is 6.53. The Morgan fingerprint density at radius 2 is 1.74 bits per heavy atom. The van der Waals surface area contributed by atoms with Crippen LogP contribution in [0.25, 0.3) is 0 Å². The van der Waals surface area contributed by atoms with Gasteiger partial charge in [-0.15, -0.1) is 0 Å². The molecular weight excluding hydrogens is 240 g/mol. The largest absolute Gasteiger partial charge is 0.358 e. The maximum Gasteiger partial charge on any atom is 0.244 e. The highest BCUT2D eigenvalue weighted by molar-refractivity contribution is 5.84. The molecule has 1 atom stereocenters. The fraction of sp³-hybridized carbons (Fsp3) is 0.643. The summed E-state index contributed by atoms with van der Waals surface area (Å²) in [7, 11) is 3.53. The van der Waals surface area contributed by atoms with E-state index < -0.39 is 0 Å². The van der Waals surface area contributed by atoms with Crippen LogP contribution in [0.3, 0.4) is 0 Å². The van der Waals surface area contributed by atoms with Crippen LogP contribution in [0.5, 0.6) is 0 Å². The summed E-state index contributed by atoms with van der Waals surface area (Å²) in [5, 5.41) is 3.27. The number of nitrogens with zero attached hydrogens (tertiary/aromatic N) is 3. The average molecular weight is 264 g/mol. The minimum Gasteiger partial charge on any atom is -0.358 e. The first-order valence-corrected chi connectivity index (χ1v) is 6.53. The lowest BCUT2D eigenvalue weighted by atomic mass is 10.0. The van der Waals surface area contributed by atoms with Crippen LogP contribution in [0, 0.1) is 26.7 Å². The van der Waals surface area contributed by atoms with E-state index in [9.17, 15) is 4.79 Å². The van der Waals surface area contributed by atoms with Gasteiger partial charge in [-0.25, -0.2) is 9.97 Å². The molecule has 0 fully saturated rings. The maximum absolute atomic E-state index is 12.2. The van der Waals surface area contributed by atoms with Gasteiger partial charge in [0.05, 0.1) is 0 Å². The number of hydrogen-bond acceptors (Lipinski definition) is 4. The zero-order chi connectivity index (χ0) is 14.7. The van der Waals surface area contributed by atoms with E-state index in [1.807, 2.05) is 34.6 Å². The molecule has 0 radical (unpaired) electrons. The maximum atomic E-state index is 12.2. The first-order chi connectivity index (χ1) is 8.73. The molecule has 0 aromatic carbocycles. The Morgan fingerprint density at radius 3 is 2.21 bits per heavy atom.